The van der Waals surface area contributed by atoms with Crippen molar-refractivity contribution in [3.8, 4) is 0 Å². The van der Waals surface area contributed by atoms with E-state index in [1.165, 1.54) is 12.4 Å². The SMILES string of the molecule is Fc1ccc(N2CCC(Nc3ncn[nH]3)C2)nn1. The fraction of sp³-hybridized carbons (Fsp3) is 0.400. The minimum absolute atomic E-state index is 0.268. The number of nitrogens with zero attached hydrogens (tertiary/aromatic N) is 5. The summed E-state index contributed by atoms with van der Waals surface area (Å²) in [6.07, 6.45) is 2.42. The summed E-state index contributed by atoms with van der Waals surface area (Å²) in [6, 6.07) is 3.23. The molecule has 1 fully saturated rings. The number of hydrogen-bond donors (Lipinski definition) is 2. The van der Waals surface area contributed by atoms with Crippen molar-refractivity contribution in [1.29, 1.82) is 0 Å². The lowest BCUT2D eigenvalue weighted by atomic mass is 10.3. The first kappa shape index (κ1) is 10.9. The number of aromatic amines is 1. The molecule has 2 aromatic rings. The number of aromatic nitrogens is 5. The summed E-state index contributed by atoms with van der Waals surface area (Å²) in [4.78, 5) is 6.07. The van der Waals surface area contributed by atoms with E-state index in [0.29, 0.717) is 11.8 Å². The molecule has 0 amide bonds. The number of nitrogens with one attached hydrogen (secondary N) is 2. The number of halogens is 1. The first-order chi connectivity index (χ1) is 8.81. The molecule has 2 aromatic heterocycles. The minimum atomic E-state index is -0.561. The van der Waals surface area contributed by atoms with Crippen LogP contribution >= 0.6 is 0 Å². The van der Waals surface area contributed by atoms with E-state index in [0.717, 1.165) is 19.5 Å². The van der Waals surface area contributed by atoms with Gasteiger partial charge in [0.05, 0.1) is 0 Å². The van der Waals surface area contributed by atoms with Gasteiger partial charge in [-0.3, -0.25) is 0 Å². The lowest BCUT2D eigenvalue weighted by molar-refractivity contribution is 0.562. The van der Waals surface area contributed by atoms with Crippen LogP contribution in [0.4, 0.5) is 16.2 Å². The first-order valence-electron chi connectivity index (χ1n) is 5.67. The Labute approximate surface area is 102 Å². The molecule has 0 saturated carbocycles. The van der Waals surface area contributed by atoms with Gasteiger partial charge in [-0.05, 0) is 18.6 Å². The zero-order valence-electron chi connectivity index (χ0n) is 9.54. The smallest absolute Gasteiger partial charge is 0.233 e. The fourth-order valence-electron chi connectivity index (χ4n) is 2.03. The fourth-order valence-corrected chi connectivity index (χ4v) is 2.03. The monoisotopic (exact) mass is 249 g/mol. The van der Waals surface area contributed by atoms with Gasteiger partial charge in [-0.1, -0.05) is 0 Å². The molecule has 0 aliphatic carbocycles. The van der Waals surface area contributed by atoms with Crippen LogP contribution in [0, 0.1) is 5.95 Å². The van der Waals surface area contributed by atoms with Gasteiger partial charge in [-0.15, -0.1) is 10.2 Å². The van der Waals surface area contributed by atoms with Crippen LogP contribution in [-0.2, 0) is 0 Å². The molecular weight excluding hydrogens is 237 g/mol. The standard InChI is InChI=1S/C10H12FN7/c11-8-1-2-9(16-15-8)18-4-3-7(5-18)14-10-12-6-13-17-10/h1-2,6-7H,3-5H2,(H2,12,13,14,17). The van der Waals surface area contributed by atoms with Crippen LogP contribution in [-0.4, -0.2) is 44.5 Å². The summed E-state index contributed by atoms with van der Waals surface area (Å²) in [7, 11) is 0. The van der Waals surface area contributed by atoms with Crippen LogP contribution in [0.15, 0.2) is 18.5 Å². The van der Waals surface area contributed by atoms with Crippen molar-refractivity contribution in [2.45, 2.75) is 12.5 Å². The van der Waals surface area contributed by atoms with Crippen LogP contribution in [0.1, 0.15) is 6.42 Å². The summed E-state index contributed by atoms with van der Waals surface area (Å²) in [5, 5.41) is 17.0. The molecule has 1 aliphatic rings. The Bertz CT molecular complexity index is 497. The Morgan fingerprint density at radius 3 is 3.06 bits per heavy atom. The normalized spacial score (nSPS) is 19.2. The van der Waals surface area contributed by atoms with Crippen LogP contribution in [0.3, 0.4) is 0 Å². The molecule has 8 heteroatoms. The minimum Gasteiger partial charge on any atom is -0.353 e. The maximum Gasteiger partial charge on any atom is 0.233 e. The second kappa shape index (κ2) is 4.55. The van der Waals surface area contributed by atoms with Gasteiger partial charge in [-0.25, -0.2) is 10.1 Å². The highest BCUT2D eigenvalue weighted by Gasteiger charge is 2.24. The average molecular weight is 249 g/mol. The van der Waals surface area contributed by atoms with Gasteiger partial charge in [-0.2, -0.15) is 9.49 Å². The van der Waals surface area contributed by atoms with E-state index in [1.54, 1.807) is 6.07 Å². The number of hydrogen-bond acceptors (Lipinski definition) is 6. The highest BCUT2D eigenvalue weighted by molar-refractivity contribution is 5.40. The van der Waals surface area contributed by atoms with E-state index in [4.69, 9.17) is 0 Å². The summed E-state index contributed by atoms with van der Waals surface area (Å²) >= 11 is 0. The molecule has 0 spiro atoms. The molecular formula is C10H12FN7. The number of anilines is 2. The van der Waals surface area contributed by atoms with Gasteiger partial charge in [0.15, 0.2) is 5.82 Å². The Morgan fingerprint density at radius 2 is 2.33 bits per heavy atom. The van der Waals surface area contributed by atoms with Crippen LogP contribution < -0.4 is 10.2 Å². The molecule has 1 saturated heterocycles. The average Bonchev–Trinajstić information content (AvgIpc) is 3.02. The Morgan fingerprint density at radius 1 is 1.39 bits per heavy atom. The Balaban J connectivity index is 1.63. The van der Waals surface area contributed by atoms with Crippen LogP contribution in [0.5, 0.6) is 0 Å². The van der Waals surface area contributed by atoms with E-state index in [1.807, 2.05) is 0 Å². The van der Waals surface area contributed by atoms with E-state index in [2.05, 4.69) is 35.6 Å². The predicted octanol–water partition coefficient (Wildman–Crippen LogP) is 0.425. The Kier molecular flexibility index (Phi) is 2.75. The van der Waals surface area contributed by atoms with Crippen LogP contribution in [0.2, 0.25) is 0 Å². The summed E-state index contributed by atoms with van der Waals surface area (Å²) in [5.41, 5.74) is 0. The molecule has 3 rings (SSSR count). The van der Waals surface area contributed by atoms with E-state index in [9.17, 15) is 4.39 Å². The molecule has 0 radical (unpaired) electrons. The van der Waals surface area contributed by atoms with Gasteiger partial charge in [0, 0.05) is 19.1 Å². The molecule has 0 aromatic carbocycles. The van der Waals surface area contributed by atoms with E-state index >= 15 is 0 Å². The third-order valence-corrected chi connectivity index (χ3v) is 2.89. The second-order valence-electron chi connectivity index (χ2n) is 4.12. The summed E-state index contributed by atoms with van der Waals surface area (Å²) in [5.74, 6) is 0.791. The highest BCUT2D eigenvalue weighted by atomic mass is 19.1. The molecule has 94 valence electrons. The quantitative estimate of drug-likeness (QED) is 0.820. The van der Waals surface area contributed by atoms with Gasteiger partial charge < -0.3 is 10.2 Å². The van der Waals surface area contributed by atoms with E-state index in [-0.39, 0.29) is 6.04 Å². The zero-order chi connectivity index (χ0) is 12.4. The predicted molar refractivity (Wildman–Crippen MR) is 62.6 cm³/mol. The van der Waals surface area contributed by atoms with Crippen LogP contribution in [0.25, 0.3) is 0 Å². The van der Waals surface area contributed by atoms with Crippen molar-refractivity contribution >= 4 is 11.8 Å². The lowest BCUT2D eigenvalue weighted by Gasteiger charge is -2.16. The second-order valence-corrected chi connectivity index (χ2v) is 4.12. The van der Waals surface area contributed by atoms with Crippen molar-refractivity contribution in [3.63, 3.8) is 0 Å². The van der Waals surface area contributed by atoms with E-state index < -0.39 is 5.95 Å². The maximum absolute atomic E-state index is 12.7. The van der Waals surface area contributed by atoms with Crippen molar-refractivity contribution in [3.05, 3.63) is 24.4 Å². The summed E-state index contributed by atoms with van der Waals surface area (Å²) in [6.45, 7) is 1.63. The maximum atomic E-state index is 12.7. The summed E-state index contributed by atoms with van der Waals surface area (Å²) < 4.78 is 12.7. The molecule has 18 heavy (non-hydrogen) atoms. The van der Waals surface area contributed by atoms with Crippen molar-refractivity contribution < 1.29 is 4.39 Å². The molecule has 0 bridgehead atoms. The molecule has 1 aliphatic heterocycles. The highest BCUT2D eigenvalue weighted by Crippen LogP contribution is 2.18. The third-order valence-electron chi connectivity index (χ3n) is 2.89. The topological polar surface area (TPSA) is 82.6 Å². The number of H-pyrrole nitrogens is 1. The molecule has 7 nitrogen and oxygen atoms in total. The molecule has 1 atom stereocenters. The first-order valence-corrected chi connectivity index (χ1v) is 5.67. The van der Waals surface area contributed by atoms with Crippen molar-refractivity contribution in [2.24, 2.45) is 0 Å². The van der Waals surface area contributed by atoms with Gasteiger partial charge >= 0.3 is 0 Å². The molecule has 3 heterocycles. The molecule has 1 unspecified atom stereocenters. The largest absolute Gasteiger partial charge is 0.353 e. The van der Waals surface area contributed by atoms with Gasteiger partial charge in [0.25, 0.3) is 0 Å². The van der Waals surface area contributed by atoms with Gasteiger partial charge in [0.2, 0.25) is 11.9 Å². The molecule has 2 N–H and O–H groups in total. The van der Waals surface area contributed by atoms with Crippen molar-refractivity contribution in [2.75, 3.05) is 23.3 Å². The zero-order valence-corrected chi connectivity index (χ0v) is 9.54. The lowest BCUT2D eigenvalue weighted by Crippen LogP contribution is -2.27. The number of rotatable bonds is 3. The van der Waals surface area contributed by atoms with Crippen molar-refractivity contribution in [1.82, 2.24) is 25.4 Å². The third kappa shape index (κ3) is 2.22. The Hall–Kier alpha value is -2.25. The van der Waals surface area contributed by atoms with Gasteiger partial charge in [0.1, 0.15) is 6.33 Å².